The summed E-state index contributed by atoms with van der Waals surface area (Å²) in [6, 6.07) is -0.225. The number of aromatic nitrogens is 3. The maximum Gasteiger partial charge on any atom is 0.333 e. The van der Waals surface area contributed by atoms with E-state index < -0.39 is 4.92 Å². The third-order valence-electron chi connectivity index (χ3n) is 2.97. The maximum absolute atomic E-state index is 10.9. The van der Waals surface area contributed by atoms with Crippen molar-refractivity contribution in [1.82, 2.24) is 14.8 Å². The topological polar surface area (TPSA) is 99.9 Å². The number of anilines is 1. The number of nitrogens with zero attached hydrogens (tertiary/aromatic N) is 4. The molecule has 1 unspecified atom stereocenters. The first-order valence-electron chi connectivity index (χ1n) is 5.75. The number of hydrogen-bond donors (Lipinski definition) is 1. The second-order valence-corrected chi connectivity index (χ2v) is 5.78. The Morgan fingerprint density at radius 1 is 1.42 bits per heavy atom. The van der Waals surface area contributed by atoms with Crippen LogP contribution in [0.25, 0.3) is 0 Å². The fourth-order valence-corrected chi connectivity index (χ4v) is 3.03. The van der Waals surface area contributed by atoms with Gasteiger partial charge in [-0.05, 0) is 27.7 Å². The second-order valence-electron chi connectivity index (χ2n) is 4.37. The molecule has 0 aliphatic carbocycles. The van der Waals surface area contributed by atoms with Crippen molar-refractivity contribution in [2.45, 2.75) is 33.7 Å². The van der Waals surface area contributed by atoms with Crippen molar-refractivity contribution in [2.75, 3.05) is 5.73 Å². The summed E-state index contributed by atoms with van der Waals surface area (Å²) in [6.07, 6.45) is 0. The predicted octanol–water partition coefficient (Wildman–Crippen LogP) is 2.36. The van der Waals surface area contributed by atoms with Crippen molar-refractivity contribution in [3.63, 3.8) is 0 Å². The molecule has 19 heavy (non-hydrogen) atoms. The zero-order chi connectivity index (χ0) is 14.3. The van der Waals surface area contributed by atoms with E-state index in [1.165, 1.54) is 4.68 Å². The Morgan fingerprint density at radius 3 is 2.47 bits per heavy atom. The summed E-state index contributed by atoms with van der Waals surface area (Å²) in [5.74, 6) is 0.0695. The highest BCUT2D eigenvalue weighted by Gasteiger charge is 2.27. The summed E-state index contributed by atoms with van der Waals surface area (Å²) in [4.78, 5) is 16.0. The SMILES string of the molecule is Cc1nc(C(C)n2nc(C)c([N+](=O)[O-])c2N)c(C)s1. The minimum atomic E-state index is -0.500. The third-order valence-corrected chi connectivity index (χ3v) is 3.88. The van der Waals surface area contributed by atoms with E-state index in [-0.39, 0.29) is 17.5 Å². The highest BCUT2D eigenvalue weighted by atomic mass is 32.1. The molecule has 2 rings (SSSR count). The average Bonchev–Trinajstić information content (AvgIpc) is 2.78. The number of nitrogen functional groups attached to an aromatic ring is 1. The molecule has 2 aromatic rings. The molecule has 102 valence electrons. The number of aryl methyl sites for hydroxylation is 3. The summed E-state index contributed by atoms with van der Waals surface area (Å²) < 4.78 is 1.47. The van der Waals surface area contributed by atoms with Crippen LogP contribution in [0.15, 0.2) is 0 Å². The molecule has 8 heteroatoms. The summed E-state index contributed by atoms with van der Waals surface area (Å²) in [6.45, 7) is 7.36. The van der Waals surface area contributed by atoms with Crippen LogP contribution >= 0.6 is 11.3 Å². The Balaban J connectivity index is 2.51. The minimum absolute atomic E-state index is 0.0695. The van der Waals surface area contributed by atoms with Gasteiger partial charge in [0.05, 0.1) is 21.7 Å². The van der Waals surface area contributed by atoms with Gasteiger partial charge >= 0.3 is 5.69 Å². The van der Waals surface area contributed by atoms with E-state index in [1.807, 2.05) is 20.8 Å². The summed E-state index contributed by atoms with van der Waals surface area (Å²) >= 11 is 1.59. The number of thiazole rings is 1. The van der Waals surface area contributed by atoms with E-state index in [4.69, 9.17) is 5.73 Å². The van der Waals surface area contributed by atoms with Crippen LogP contribution in [-0.2, 0) is 0 Å². The first-order chi connectivity index (χ1) is 8.82. The zero-order valence-electron chi connectivity index (χ0n) is 11.2. The Morgan fingerprint density at radius 2 is 2.05 bits per heavy atom. The molecule has 2 heterocycles. The van der Waals surface area contributed by atoms with Crippen molar-refractivity contribution in [2.24, 2.45) is 0 Å². The lowest BCUT2D eigenvalue weighted by atomic mass is 10.2. The number of rotatable bonds is 3. The van der Waals surface area contributed by atoms with Crippen molar-refractivity contribution in [3.05, 3.63) is 31.4 Å². The molecule has 0 amide bonds. The fourth-order valence-electron chi connectivity index (χ4n) is 2.13. The van der Waals surface area contributed by atoms with Crippen molar-refractivity contribution in [1.29, 1.82) is 0 Å². The summed E-state index contributed by atoms with van der Waals surface area (Å²) in [5.41, 5.74) is 6.88. The van der Waals surface area contributed by atoms with Crippen molar-refractivity contribution >= 4 is 22.8 Å². The molecule has 0 saturated heterocycles. The van der Waals surface area contributed by atoms with Crippen LogP contribution in [0, 0.1) is 30.9 Å². The maximum atomic E-state index is 10.9. The van der Waals surface area contributed by atoms with Crippen molar-refractivity contribution < 1.29 is 4.92 Å². The van der Waals surface area contributed by atoms with Gasteiger partial charge in [0.2, 0.25) is 5.82 Å². The molecule has 0 fully saturated rings. The molecular weight excluding hydrogens is 266 g/mol. The first-order valence-corrected chi connectivity index (χ1v) is 6.57. The fraction of sp³-hybridized carbons (Fsp3) is 0.455. The van der Waals surface area contributed by atoms with E-state index in [2.05, 4.69) is 10.1 Å². The molecule has 2 aromatic heterocycles. The molecule has 0 aliphatic heterocycles. The predicted molar refractivity (Wildman–Crippen MR) is 73.4 cm³/mol. The minimum Gasteiger partial charge on any atom is -0.378 e. The summed E-state index contributed by atoms with van der Waals surface area (Å²) in [5, 5.41) is 16.1. The Hall–Kier alpha value is -1.96. The van der Waals surface area contributed by atoms with Gasteiger partial charge in [0.25, 0.3) is 0 Å². The van der Waals surface area contributed by atoms with Crippen LogP contribution in [0.1, 0.15) is 34.2 Å². The Kier molecular flexibility index (Phi) is 3.27. The Labute approximate surface area is 114 Å². The number of hydrogen-bond acceptors (Lipinski definition) is 6. The van der Waals surface area contributed by atoms with E-state index in [9.17, 15) is 10.1 Å². The molecule has 0 radical (unpaired) electrons. The van der Waals surface area contributed by atoms with E-state index in [1.54, 1.807) is 18.3 Å². The van der Waals surface area contributed by atoms with Gasteiger partial charge in [-0.2, -0.15) is 5.10 Å². The zero-order valence-corrected chi connectivity index (χ0v) is 12.0. The van der Waals surface area contributed by atoms with Gasteiger partial charge in [0.1, 0.15) is 5.69 Å². The first kappa shape index (κ1) is 13.5. The van der Waals surface area contributed by atoms with E-state index >= 15 is 0 Å². The quantitative estimate of drug-likeness (QED) is 0.687. The van der Waals surface area contributed by atoms with Crippen LogP contribution < -0.4 is 5.73 Å². The second kappa shape index (κ2) is 4.61. The lowest BCUT2D eigenvalue weighted by molar-refractivity contribution is -0.384. The third kappa shape index (κ3) is 2.19. The van der Waals surface area contributed by atoms with Gasteiger partial charge in [0, 0.05) is 4.88 Å². The lowest BCUT2D eigenvalue weighted by Gasteiger charge is -2.11. The van der Waals surface area contributed by atoms with Crippen LogP contribution in [0.2, 0.25) is 0 Å². The van der Waals surface area contributed by atoms with Crippen molar-refractivity contribution in [3.8, 4) is 0 Å². The highest BCUT2D eigenvalue weighted by Crippen LogP contribution is 2.32. The van der Waals surface area contributed by atoms with Crippen LogP contribution in [0.3, 0.4) is 0 Å². The molecule has 0 aliphatic rings. The van der Waals surface area contributed by atoms with Gasteiger partial charge < -0.3 is 5.73 Å². The van der Waals surface area contributed by atoms with Gasteiger partial charge in [0.15, 0.2) is 0 Å². The van der Waals surface area contributed by atoms with Gasteiger partial charge in [-0.1, -0.05) is 0 Å². The Bertz CT molecular complexity index is 646. The van der Waals surface area contributed by atoms with Crippen LogP contribution in [0.5, 0.6) is 0 Å². The van der Waals surface area contributed by atoms with E-state index in [0.717, 1.165) is 15.6 Å². The standard InChI is InChI=1S/C11H15N5O2S/c1-5-10(16(17)18)11(12)15(14-5)6(2)9-7(3)19-8(4)13-9/h6H,12H2,1-4H3. The molecular formula is C11H15N5O2S. The van der Waals surface area contributed by atoms with Crippen LogP contribution in [-0.4, -0.2) is 19.7 Å². The highest BCUT2D eigenvalue weighted by molar-refractivity contribution is 7.11. The van der Waals surface area contributed by atoms with E-state index in [0.29, 0.717) is 5.69 Å². The smallest absolute Gasteiger partial charge is 0.333 e. The number of nitrogens with two attached hydrogens (primary N) is 1. The normalized spacial score (nSPS) is 12.6. The molecule has 0 bridgehead atoms. The number of nitro groups is 1. The van der Waals surface area contributed by atoms with Gasteiger partial charge in [-0.25, -0.2) is 9.67 Å². The summed E-state index contributed by atoms with van der Waals surface area (Å²) in [7, 11) is 0. The molecule has 0 aromatic carbocycles. The average molecular weight is 281 g/mol. The van der Waals surface area contributed by atoms with Crippen LogP contribution in [0.4, 0.5) is 11.5 Å². The molecule has 7 nitrogen and oxygen atoms in total. The lowest BCUT2D eigenvalue weighted by Crippen LogP contribution is -2.13. The molecule has 1 atom stereocenters. The largest absolute Gasteiger partial charge is 0.378 e. The molecule has 0 saturated carbocycles. The van der Waals surface area contributed by atoms with Gasteiger partial charge in [-0.15, -0.1) is 11.3 Å². The monoisotopic (exact) mass is 281 g/mol. The van der Waals surface area contributed by atoms with Gasteiger partial charge in [-0.3, -0.25) is 10.1 Å². The molecule has 0 spiro atoms. The molecule has 2 N–H and O–H groups in total.